The van der Waals surface area contributed by atoms with Crippen molar-refractivity contribution in [3.8, 4) is 11.5 Å². The molecule has 9 heteroatoms. The molecule has 0 unspecified atom stereocenters. The molecule has 0 bridgehead atoms. The maximum Gasteiger partial charge on any atom is 0.260 e. The minimum absolute atomic E-state index is 0. The first-order valence-corrected chi connectivity index (χ1v) is 11.3. The molecule has 2 heterocycles. The molecule has 2 aromatic carbocycles. The average molecular weight is 477 g/mol. The maximum atomic E-state index is 13.5. The van der Waals surface area contributed by atoms with Gasteiger partial charge < -0.3 is 19.3 Å². The summed E-state index contributed by atoms with van der Waals surface area (Å²) in [4.78, 5) is 24.3. The lowest BCUT2D eigenvalue weighted by Gasteiger charge is -2.23. The lowest BCUT2D eigenvalue weighted by atomic mass is 10.1. The van der Waals surface area contributed by atoms with E-state index in [0.29, 0.717) is 23.0 Å². The van der Waals surface area contributed by atoms with Crippen molar-refractivity contribution in [1.82, 2.24) is 9.88 Å². The molecule has 1 aliphatic heterocycles. The number of anilines is 2. The van der Waals surface area contributed by atoms with Crippen LogP contribution in [0, 0.1) is 0 Å². The van der Waals surface area contributed by atoms with E-state index >= 15 is 0 Å². The minimum Gasteiger partial charge on any atom is -0.454 e. The minimum atomic E-state index is -0.0490. The van der Waals surface area contributed by atoms with E-state index in [1.807, 2.05) is 50.5 Å². The number of fused-ring (bicyclic) bond motifs is 2. The number of amides is 1. The zero-order valence-corrected chi connectivity index (χ0v) is 20.5. The number of likely N-dealkylation sites (N-methyl/N-ethyl adjacent to an activating group) is 1. The second-order valence-corrected chi connectivity index (χ2v) is 8.66. The van der Waals surface area contributed by atoms with Crippen molar-refractivity contribution in [3.05, 3.63) is 42.0 Å². The lowest BCUT2D eigenvalue weighted by molar-refractivity contribution is 0.0985. The number of thiazole rings is 1. The van der Waals surface area contributed by atoms with Gasteiger partial charge in [-0.3, -0.25) is 9.69 Å². The summed E-state index contributed by atoms with van der Waals surface area (Å²) in [6, 6.07) is 11.7. The quantitative estimate of drug-likeness (QED) is 0.477. The van der Waals surface area contributed by atoms with E-state index in [-0.39, 0.29) is 25.1 Å². The average Bonchev–Trinajstić information content (AvgIpc) is 3.39. The summed E-state index contributed by atoms with van der Waals surface area (Å²) in [6.45, 7) is 7.65. The van der Waals surface area contributed by atoms with E-state index in [1.54, 1.807) is 4.90 Å². The monoisotopic (exact) mass is 476 g/mol. The van der Waals surface area contributed by atoms with Crippen molar-refractivity contribution in [2.75, 3.05) is 56.9 Å². The Hall–Kier alpha value is -2.55. The number of hydrogen-bond donors (Lipinski definition) is 0. The van der Waals surface area contributed by atoms with Crippen molar-refractivity contribution in [2.24, 2.45) is 0 Å². The molecule has 0 saturated heterocycles. The van der Waals surface area contributed by atoms with Crippen LogP contribution in [0.3, 0.4) is 0 Å². The van der Waals surface area contributed by atoms with Crippen molar-refractivity contribution < 1.29 is 14.3 Å². The number of nitrogens with zero attached hydrogens (tertiary/aromatic N) is 4. The Morgan fingerprint density at radius 1 is 1.03 bits per heavy atom. The SMILES string of the molecule is CCN(CC)c1ccc(C(=O)N(CCN(C)C)c2nc3cc4c(cc3s2)OCO4)cc1.Cl. The van der Waals surface area contributed by atoms with Crippen LogP contribution in [0.25, 0.3) is 10.2 Å². The smallest absolute Gasteiger partial charge is 0.260 e. The Balaban J connectivity index is 0.00000289. The van der Waals surface area contributed by atoms with Crippen LogP contribution >= 0.6 is 23.7 Å². The highest BCUT2D eigenvalue weighted by atomic mass is 35.5. The van der Waals surface area contributed by atoms with Gasteiger partial charge in [0.05, 0.1) is 10.2 Å². The fourth-order valence-corrected chi connectivity index (χ4v) is 4.57. The van der Waals surface area contributed by atoms with Crippen LogP contribution in [-0.2, 0) is 0 Å². The van der Waals surface area contributed by atoms with Crippen LogP contribution in [0.5, 0.6) is 11.5 Å². The van der Waals surface area contributed by atoms with Crippen molar-refractivity contribution in [2.45, 2.75) is 13.8 Å². The standard InChI is InChI=1S/C23H28N4O3S.ClH/c1-5-26(6-2)17-9-7-16(8-10-17)22(28)27(12-11-25(3)4)23-24-18-13-19-20(30-15-29-19)14-21(18)31-23;/h7-10,13-14H,5-6,11-12,15H2,1-4H3;1H. The first-order chi connectivity index (χ1) is 15.0. The van der Waals surface area contributed by atoms with E-state index < -0.39 is 0 Å². The molecule has 0 spiro atoms. The lowest BCUT2D eigenvalue weighted by Crippen LogP contribution is -2.36. The van der Waals surface area contributed by atoms with Gasteiger partial charge in [0.25, 0.3) is 5.91 Å². The Morgan fingerprint density at radius 3 is 2.31 bits per heavy atom. The summed E-state index contributed by atoms with van der Waals surface area (Å²) >= 11 is 1.49. The molecule has 0 atom stereocenters. The molecule has 1 aliphatic rings. The second-order valence-electron chi connectivity index (χ2n) is 7.65. The highest BCUT2D eigenvalue weighted by molar-refractivity contribution is 7.22. The summed E-state index contributed by atoms with van der Waals surface area (Å²) < 4.78 is 11.9. The van der Waals surface area contributed by atoms with Gasteiger partial charge in [-0.25, -0.2) is 4.98 Å². The number of benzene rings is 2. The molecule has 172 valence electrons. The van der Waals surface area contributed by atoms with Crippen molar-refractivity contribution in [3.63, 3.8) is 0 Å². The van der Waals surface area contributed by atoms with E-state index in [0.717, 1.165) is 41.3 Å². The largest absolute Gasteiger partial charge is 0.454 e. The molecule has 0 saturated carbocycles. The Kier molecular flexibility index (Phi) is 7.82. The van der Waals surface area contributed by atoms with Gasteiger partial charge in [0.1, 0.15) is 0 Å². The van der Waals surface area contributed by atoms with Crippen LogP contribution in [-0.4, -0.2) is 62.9 Å². The van der Waals surface area contributed by atoms with Gasteiger partial charge in [0, 0.05) is 49.6 Å². The third kappa shape index (κ3) is 4.92. The van der Waals surface area contributed by atoms with Crippen LogP contribution < -0.4 is 19.3 Å². The number of rotatable bonds is 8. The van der Waals surface area contributed by atoms with Crippen molar-refractivity contribution in [1.29, 1.82) is 0 Å². The highest BCUT2D eigenvalue weighted by Gasteiger charge is 2.23. The van der Waals surface area contributed by atoms with Crippen LogP contribution in [0.2, 0.25) is 0 Å². The molecule has 3 aromatic rings. The van der Waals surface area contributed by atoms with Crippen molar-refractivity contribution >= 4 is 50.7 Å². The summed E-state index contributed by atoms with van der Waals surface area (Å²) in [5, 5.41) is 0.679. The van der Waals surface area contributed by atoms with Crippen LogP contribution in [0.1, 0.15) is 24.2 Å². The molecule has 0 N–H and O–H groups in total. The number of carbonyl (C=O) groups is 1. The van der Waals surface area contributed by atoms with Gasteiger partial charge in [0.2, 0.25) is 6.79 Å². The fraction of sp³-hybridized carbons (Fsp3) is 0.391. The first-order valence-electron chi connectivity index (χ1n) is 10.5. The van der Waals surface area contributed by atoms with Gasteiger partial charge in [-0.1, -0.05) is 11.3 Å². The van der Waals surface area contributed by atoms with Gasteiger partial charge in [-0.05, 0) is 52.2 Å². The Bertz CT molecular complexity index is 1030. The van der Waals surface area contributed by atoms with E-state index in [9.17, 15) is 4.79 Å². The molecule has 1 amide bonds. The molecule has 1 aromatic heterocycles. The Morgan fingerprint density at radius 2 is 1.69 bits per heavy atom. The van der Waals surface area contributed by atoms with Gasteiger partial charge in [-0.15, -0.1) is 12.4 Å². The molecule has 0 radical (unpaired) electrons. The van der Waals surface area contributed by atoms with Gasteiger partial charge in [-0.2, -0.15) is 0 Å². The van der Waals surface area contributed by atoms with Gasteiger partial charge >= 0.3 is 0 Å². The summed E-state index contributed by atoms with van der Waals surface area (Å²) in [5.41, 5.74) is 2.59. The van der Waals surface area contributed by atoms with Gasteiger partial charge in [0.15, 0.2) is 16.6 Å². The summed E-state index contributed by atoms with van der Waals surface area (Å²) in [7, 11) is 4.00. The molecule has 0 fully saturated rings. The molecule has 4 rings (SSSR count). The number of hydrogen-bond acceptors (Lipinski definition) is 7. The number of aromatic nitrogens is 1. The molecule has 0 aliphatic carbocycles. The number of carbonyl (C=O) groups excluding carboxylic acids is 1. The predicted octanol–water partition coefficient (Wildman–Crippen LogP) is 4.50. The first kappa shape index (κ1) is 24.1. The maximum absolute atomic E-state index is 13.5. The normalized spacial score (nSPS) is 12.2. The van der Waals surface area contributed by atoms with E-state index in [4.69, 9.17) is 14.5 Å². The fourth-order valence-electron chi connectivity index (χ4n) is 3.56. The zero-order chi connectivity index (χ0) is 22.0. The van der Waals surface area contributed by atoms with E-state index in [1.165, 1.54) is 11.3 Å². The summed E-state index contributed by atoms with van der Waals surface area (Å²) in [5.74, 6) is 1.37. The molecular weight excluding hydrogens is 448 g/mol. The number of halogens is 1. The molecule has 7 nitrogen and oxygen atoms in total. The zero-order valence-electron chi connectivity index (χ0n) is 18.8. The third-order valence-corrected chi connectivity index (χ3v) is 6.40. The molecule has 32 heavy (non-hydrogen) atoms. The van der Waals surface area contributed by atoms with Crippen LogP contribution in [0.4, 0.5) is 10.8 Å². The van der Waals surface area contributed by atoms with E-state index in [2.05, 4.69) is 23.6 Å². The highest BCUT2D eigenvalue weighted by Crippen LogP contribution is 2.40. The second kappa shape index (κ2) is 10.4. The van der Waals surface area contributed by atoms with Crippen LogP contribution in [0.15, 0.2) is 36.4 Å². The number of ether oxygens (including phenoxy) is 2. The summed E-state index contributed by atoms with van der Waals surface area (Å²) in [6.07, 6.45) is 0. The predicted molar refractivity (Wildman–Crippen MR) is 133 cm³/mol. The Labute approximate surface area is 198 Å². The molecular formula is C23H29ClN4O3S. The third-order valence-electron chi connectivity index (χ3n) is 5.36. The topological polar surface area (TPSA) is 58.1 Å².